The maximum absolute atomic E-state index is 14.2. The van der Waals surface area contributed by atoms with Gasteiger partial charge in [-0.1, -0.05) is 31.6 Å². The van der Waals surface area contributed by atoms with Crippen molar-refractivity contribution in [3.63, 3.8) is 0 Å². The summed E-state index contributed by atoms with van der Waals surface area (Å²) >= 11 is 0. The average Bonchev–Trinajstić information content (AvgIpc) is 3.35. The first-order chi connectivity index (χ1) is 22.4. The van der Waals surface area contributed by atoms with Gasteiger partial charge in [-0.15, -0.1) is 0 Å². The van der Waals surface area contributed by atoms with Crippen molar-refractivity contribution in [3.8, 4) is 0 Å². The van der Waals surface area contributed by atoms with Crippen LogP contribution in [0.1, 0.15) is 74.1 Å². The van der Waals surface area contributed by atoms with Crippen LogP contribution in [0.3, 0.4) is 0 Å². The Kier molecular flexibility index (Phi) is 9.20. The number of rotatable bonds is 10. The molecule has 1 aromatic heterocycles. The van der Waals surface area contributed by atoms with Gasteiger partial charge >= 0.3 is 0 Å². The van der Waals surface area contributed by atoms with Gasteiger partial charge in [0.2, 0.25) is 5.95 Å². The second-order valence-corrected chi connectivity index (χ2v) is 15.0. The molecule has 6 rings (SSSR count). The van der Waals surface area contributed by atoms with Crippen LogP contribution in [0.15, 0.2) is 41.5 Å². The first-order valence-corrected chi connectivity index (χ1v) is 18.2. The Balaban J connectivity index is 1.15. The third kappa shape index (κ3) is 5.55. The summed E-state index contributed by atoms with van der Waals surface area (Å²) in [5.74, 6) is 3.57. The number of allylic oxidation sites excluding steroid dienone is 6. The summed E-state index contributed by atoms with van der Waals surface area (Å²) in [7, 11) is 0. The minimum absolute atomic E-state index is 0.0266. The van der Waals surface area contributed by atoms with Crippen LogP contribution in [0.5, 0.6) is 0 Å². The summed E-state index contributed by atoms with van der Waals surface area (Å²) in [5, 5.41) is 12.3. The average molecular weight is 645 g/mol. The van der Waals surface area contributed by atoms with Gasteiger partial charge in [-0.2, -0.15) is 9.97 Å². The van der Waals surface area contributed by atoms with Crippen LogP contribution in [-0.4, -0.2) is 96.0 Å². The quantitative estimate of drug-likeness (QED) is 0.351. The Morgan fingerprint density at radius 2 is 1.68 bits per heavy atom. The fourth-order valence-corrected chi connectivity index (χ4v) is 9.80. The maximum Gasteiger partial charge on any atom is 0.229 e. The summed E-state index contributed by atoms with van der Waals surface area (Å²) in [6, 6.07) is 2.11. The van der Waals surface area contributed by atoms with Crippen molar-refractivity contribution in [2.75, 3.05) is 73.6 Å². The Hall–Kier alpha value is -3.04. The van der Waals surface area contributed by atoms with Crippen LogP contribution < -0.4 is 14.7 Å². The zero-order valence-electron chi connectivity index (χ0n) is 29.8. The molecule has 9 heteroatoms. The van der Waals surface area contributed by atoms with Gasteiger partial charge < -0.3 is 19.8 Å². The van der Waals surface area contributed by atoms with E-state index >= 15 is 0 Å². The van der Waals surface area contributed by atoms with Gasteiger partial charge in [-0.05, 0) is 95.8 Å². The molecule has 0 radical (unpaired) electrons. The highest BCUT2D eigenvalue weighted by Crippen LogP contribution is 2.65. The summed E-state index contributed by atoms with van der Waals surface area (Å²) in [5.41, 5.74) is 0.534. The van der Waals surface area contributed by atoms with Gasteiger partial charge in [-0.25, -0.2) is 0 Å². The number of Topliss-reactive ketones (excluding diaryl/α,β-unsaturated/α-hetero) is 1. The maximum atomic E-state index is 14.2. The van der Waals surface area contributed by atoms with E-state index in [9.17, 15) is 14.7 Å². The van der Waals surface area contributed by atoms with Crippen molar-refractivity contribution < 1.29 is 14.7 Å². The van der Waals surface area contributed by atoms with E-state index in [0.717, 1.165) is 82.8 Å². The molecule has 9 nitrogen and oxygen atoms in total. The number of hydrogen-bond donors (Lipinski definition) is 1. The van der Waals surface area contributed by atoms with Gasteiger partial charge in [0.25, 0.3) is 0 Å². The van der Waals surface area contributed by atoms with Crippen LogP contribution >= 0.6 is 0 Å². The Bertz CT molecular complexity index is 1440. The molecule has 1 N–H and O–H groups in total. The molecule has 1 saturated heterocycles. The lowest BCUT2D eigenvalue weighted by Crippen LogP contribution is -2.58. The molecule has 0 amide bonds. The normalized spacial score (nSPS) is 33.5. The van der Waals surface area contributed by atoms with E-state index in [1.165, 1.54) is 11.1 Å². The molecule has 5 aliphatic rings. The van der Waals surface area contributed by atoms with Crippen molar-refractivity contribution >= 4 is 29.2 Å². The number of piperazine rings is 1. The molecule has 3 fully saturated rings. The molecule has 6 atom stereocenters. The van der Waals surface area contributed by atoms with Crippen LogP contribution in [0, 0.1) is 28.6 Å². The van der Waals surface area contributed by atoms with E-state index in [1.54, 1.807) is 6.08 Å². The van der Waals surface area contributed by atoms with Crippen LogP contribution in [0.4, 0.5) is 17.6 Å². The molecule has 1 aliphatic heterocycles. The van der Waals surface area contributed by atoms with Gasteiger partial charge in [0.1, 0.15) is 17.2 Å². The highest BCUT2D eigenvalue weighted by atomic mass is 16.3. The first-order valence-electron chi connectivity index (χ1n) is 18.2. The minimum Gasteiger partial charge on any atom is -0.381 e. The number of fused-ring (bicyclic) bond motifs is 5. The number of carbonyl (C=O) groups is 2. The van der Waals surface area contributed by atoms with Crippen LogP contribution in [-0.2, 0) is 9.59 Å². The molecule has 4 aliphatic carbocycles. The van der Waals surface area contributed by atoms with E-state index in [4.69, 9.17) is 9.97 Å². The third-order valence-corrected chi connectivity index (χ3v) is 12.8. The molecule has 47 heavy (non-hydrogen) atoms. The molecule has 2 heterocycles. The molecule has 1 aromatic rings. The second kappa shape index (κ2) is 12.8. The number of aliphatic hydroxyl groups is 1. The lowest BCUT2D eigenvalue weighted by molar-refractivity contribution is -0.154. The van der Waals surface area contributed by atoms with Crippen molar-refractivity contribution in [2.45, 2.75) is 79.8 Å². The number of nitrogens with zero attached hydrogens (tertiary/aromatic N) is 6. The number of hydrogen-bond acceptors (Lipinski definition) is 9. The highest BCUT2D eigenvalue weighted by molar-refractivity contribution is 6.01. The summed E-state index contributed by atoms with van der Waals surface area (Å²) in [4.78, 5) is 45.3. The largest absolute Gasteiger partial charge is 0.381 e. The van der Waals surface area contributed by atoms with Crippen LogP contribution in [0.2, 0.25) is 0 Å². The topological polar surface area (TPSA) is 93.1 Å². The third-order valence-electron chi connectivity index (χ3n) is 12.8. The van der Waals surface area contributed by atoms with E-state index in [1.807, 2.05) is 6.08 Å². The molecular weight excluding hydrogens is 588 g/mol. The molecule has 0 bridgehead atoms. The standard InChI is InChI=1S/C38H56N6O3/c1-8-42(9-2)33-24-34(40-35(39-33)43(10-3)11-4)44-20-18-41(19-21-44)25-32(46)38(47)17-14-30-28-22-26(5)31-23-27(45)12-15-36(31,6)29(28)13-16-37(30,38)7/h12-13,15,23-24,26,28,30,47H,8-11,14,16-22,25H2,1-7H3/t26-,28+,30-,36-,37-,38-/m0/s1. The molecular formula is C38H56N6O3. The number of carbonyl (C=O) groups excluding carboxylic acids is 2. The SMILES string of the molecule is CCN(CC)c1cc(N2CCN(CC(=O)[C@@]3(O)CC[C@H]4[C@@H]5C[C@H](C)C6=CC(=O)C=C[C@@]6(C)C5=CC[C@@]43C)CC2)nc(N(CC)CC)n1. The fraction of sp³-hybridized carbons (Fsp3) is 0.684. The van der Waals surface area contributed by atoms with Gasteiger partial charge in [-0.3, -0.25) is 14.5 Å². The smallest absolute Gasteiger partial charge is 0.229 e. The first kappa shape index (κ1) is 33.8. The second-order valence-electron chi connectivity index (χ2n) is 15.0. The molecule has 0 aromatic carbocycles. The zero-order chi connectivity index (χ0) is 33.7. The number of aromatic nitrogens is 2. The Labute approximate surface area is 281 Å². The van der Waals surface area contributed by atoms with E-state index in [-0.39, 0.29) is 29.4 Å². The van der Waals surface area contributed by atoms with Gasteiger partial charge in [0.05, 0.1) is 6.54 Å². The Morgan fingerprint density at radius 1 is 1.00 bits per heavy atom. The minimum atomic E-state index is -1.33. The summed E-state index contributed by atoms with van der Waals surface area (Å²) in [6.07, 6.45) is 11.0. The molecule has 0 spiro atoms. The fourth-order valence-electron chi connectivity index (χ4n) is 9.80. The number of ketones is 2. The highest BCUT2D eigenvalue weighted by Gasteiger charge is 2.64. The van der Waals surface area contributed by atoms with Crippen molar-refractivity contribution in [1.82, 2.24) is 14.9 Å². The lowest BCUT2D eigenvalue weighted by atomic mass is 9.49. The zero-order valence-corrected chi connectivity index (χ0v) is 29.8. The van der Waals surface area contributed by atoms with Gasteiger partial charge in [0, 0.05) is 69.3 Å². The van der Waals surface area contributed by atoms with Crippen molar-refractivity contribution in [2.24, 2.45) is 28.6 Å². The Morgan fingerprint density at radius 3 is 2.34 bits per heavy atom. The monoisotopic (exact) mass is 644 g/mol. The predicted octanol–water partition coefficient (Wildman–Crippen LogP) is 5.07. The predicted molar refractivity (Wildman–Crippen MR) is 189 cm³/mol. The molecule has 0 unspecified atom stereocenters. The van der Waals surface area contributed by atoms with E-state index < -0.39 is 11.0 Å². The van der Waals surface area contributed by atoms with Crippen LogP contribution in [0.25, 0.3) is 0 Å². The van der Waals surface area contributed by atoms with Gasteiger partial charge in [0.15, 0.2) is 11.6 Å². The number of anilines is 3. The summed E-state index contributed by atoms with van der Waals surface area (Å²) in [6.45, 7) is 22.0. The molecule has 2 saturated carbocycles. The lowest BCUT2D eigenvalue weighted by Gasteiger charge is -2.55. The summed E-state index contributed by atoms with van der Waals surface area (Å²) < 4.78 is 0. The van der Waals surface area contributed by atoms with E-state index in [2.05, 4.69) is 86.3 Å². The van der Waals surface area contributed by atoms with Crippen molar-refractivity contribution in [3.05, 3.63) is 41.5 Å². The van der Waals surface area contributed by atoms with E-state index in [0.29, 0.717) is 24.7 Å². The molecule has 256 valence electrons. The van der Waals surface area contributed by atoms with Crippen molar-refractivity contribution in [1.29, 1.82) is 0 Å².